The minimum atomic E-state index is -4.28. The molecule has 9 heavy (non-hydrogen) atoms. The molecule has 0 aromatic rings. The third-order valence-corrected chi connectivity index (χ3v) is 1.89. The molecule has 0 aromatic carbocycles. The molecule has 0 rings (SSSR count). The van der Waals surface area contributed by atoms with Crippen LogP contribution in [0.3, 0.4) is 0 Å². The first kappa shape index (κ1) is 12.5. The molecule has 0 aliphatic carbocycles. The van der Waals surface area contributed by atoms with Crippen molar-refractivity contribution >= 4 is 10.1 Å². The molecule has 6 heteroatoms. The van der Waals surface area contributed by atoms with Crippen LogP contribution in [0.4, 0.5) is 0 Å². The molecule has 0 unspecified atom stereocenters. The number of hydrogen-bond acceptors (Lipinski definition) is 3. The van der Waals surface area contributed by atoms with Crippen LogP contribution in [0.25, 0.3) is 0 Å². The van der Waals surface area contributed by atoms with E-state index in [9.17, 15) is 8.42 Å². The minimum absolute atomic E-state index is 0. The van der Waals surface area contributed by atoms with Gasteiger partial charge in [0.05, 0.1) is 0 Å². The minimum Gasteiger partial charge on any atom is -1.00 e. The Bertz CT molecular complexity index is 169. The van der Waals surface area contributed by atoms with E-state index in [1.54, 1.807) is 0 Å². The fourth-order valence-corrected chi connectivity index (χ4v) is 0. The summed E-state index contributed by atoms with van der Waals surface area (Å²) in [5.74, 6) is 0. The van der Waals surface area contributed by atoms with Crippen LogP contribution in [-0.4, -0.2) is 23.0 Å². The van der Waals surface area contributed by atoms with Gasteiger partial charge >= 0.3 is 29.6 Å². The standard InChI is InChI=1S/C3H8O4S.Na.H/c1-3(2,4)8(5,6)7;;/h4H,1-2H3,(H,5,6,7);;/q;+1;-1. The third-order valence-electron chi connectivity index (χ3n) is 0.631. The van der Waals surface area contributed by atoms with Crippen LogP contribution < -0.4 is 29.6 Å². The van der Waals surface area contributed by atoms with Crippen molar-refractivity contribution in [3.8, 4) is 0 Å². The van der Waals surface area contributed by atoms with Gasteiger partial charge in [-0.3, -0.25) is 4.55 Å². The first-order valence-corrected chi connectivity index (χ1v) is 3.38. The predicted molar refractivity (Wildman–Crippen MR) is 29.0 cm³/mol. The number of hydrogen-bond donors (Lipinski definition) is 2. The normalized spacial score (nSPS) is 12.4. The predicted octanol–water partition coefficient (Wildman–Crippen LogP) is -3.28. The summed E-state index contributed by atoms with van der Waals surface area (Å²) in [5, 5.41) is 8.52. The molecule has 0 radical (unpaired) electrons. The van der Waals surface area contributed by atoms with Crippen molar-refractivity contribution < 1.29 is 49.1 Å². The van der Waals surface area contributed by atoms with Crippen LogP contribution in [0.5, 0.6) is 0 Å². The maximum atomic E-state index is 9.96. The summed E-state index contributed by atoms with van der Waals surface area (Å²) in [6, 6.07) is 0. The molecule has 0 fully saturated rings. The first-order valence-electron chi connectivity index (χ1n) is 1.94. The molecular weight excluding hydrogens is 155 g/mol. The van der Waals surface area contributed by atoms with Gasteiger partial charge in [-0.05, 0) is 13.8 Å². The fraction of sp³-hybridized carbons (Fsp3) is 1.00. The summed E-state index contributed by atoms with van der Waals surface area (Å²) in [7, 11) is -4.28. The van der Waals surface area contributed by atoms with Gasteiger partial charge in [0.15, 0.2) is 4.93 Å². The van der Waals surface area contributed by atoms with E-state index in [0.717, 1.165) is 13.8 Å². The molecule has 0 aliphatic heterocycles. The fourth-order valence-electron chi connectivity index (χ4n) is 0. The van der Waals surface area contributed by atoms with E-state index in [1.807, 2.05) is 0 Å². The summed E-state index contributed by atoms with van der Waals surface area (Å²) < 4.78 is 28.0. The van der Waals surface area contributed by atoms with Crippen LogP contribution in [0.15, 0.2) is 0 Å². The Balaban J connectivity index is -0.000000245. The maximum Gasteiger partial charge on any atom is 1.00 e. The quantitative estimate of drug-likeness (QED) is 0.315. The Kier molecular flexibility index (Phi) is 4.62. The second-order valence-corrected chi connectivity index (χ2v) is 3.87. The smallest absolute Gasteiger partial charge is 1.00 e. The zero-order valence-electron chi connectivity index (χ0n) is 6.62. The van der Waals surface area contributed by atoms with Crippen LogP contribution in [0.1, 0.15) is 15.3 Å². The van der Waals surface area contributed by atoms with E-state index in [1.165, 1.54) is 0 Å². The Morgan fingerprint density at radius 2 is 1.56 bits per heavy atom. The molecule has 0 bridgehead atoms. The number of aliphatic hydroxyl groups is 1. The molecule has 0 heterocycles. The second-order valence-electron chi connectivity index (χ2n) is 1.92. The van der Waals surface area contributed by atoms with Crippen molar-refractivity contribution in [3.05, 3.63) is 0 Å². The van der Waals surface area contributed by atoms with E-state index in [2.05, 4.69) is 0 Å². The molecule has 0 saturated heterocycles. The molecule has 0 saturated carbocycles. The monoisotopic (exact) mass is 164 g/mol. The second kappa shape index (κ2) is 3.32. The molecule has 2 N–H and O–H groups in total. The van der Waals surface area contributed by atoms with Gasteiger partial charge in [-0.2, -0.15) is 8.42 Å². The molecule has 0 aromatic heterocycles. The van der Waals surface area contributed by atoms with Gasteiger partial charge < -0.3 is 6.53 Å². The van der Waals surface area contributed by atoms with Crippen molar-refractivity contribution in [2.45, 2.75) is 18.8 Å². The Labute approximate surface area is 77.8 Å². The van der Waals surface area contributed by atoms with E-state index < -0.39 is 15.1 Å². The third kappa shape index (κ3) is 4.30. The van der Waals surface area contributed by atoms with Crippen LogP contribution in [-0.2, 0) is 10.1 Å². The largest absolute Gasteiger partial charge is 1.00 e. The van der Waals surface area contributed by atoms with Crippen molar-refractivity contribution in [1.29, 1.82) is 0 Å². The van der Waals surface area contributed by atoms with Crippen LogP contribution in [0, 0.1) is 0 Å². The van der Waals surface area contributed by atoms with Crippen LogP contribution >= 0.6 is 0 Å². The van der Waals surface area contributed by atoms with Gasteiger partial charge in [-0.15, -0.1) is 0 Å². The van der Waals surface area contributed by atoms with E-state index in [0.29, 0.717) is 0 Å². The summed E-state index contributed by atoms with van der Waals surface area (Å²) in [4.78, 5) is -2.03. The molecule has 0 spiro atoms. The Hall–Kier alpha value is 0.870. The van der Waals surface area contributed by atoms with Gasteiger partial charge in [0.25, 0.3) is 10.1 Å². The van der Waals surface area contributed by atoms with Crippen molar-refractivity contribution in [3.63, 3.8) is 0 Å². The van der Waals surface area contributed by atoms with E-state index >= 15 is 0 Å². The molecule has 0 amide bonds. The molecular formula is C3H9NaO4S. The van der Waals surface area contributed by atoms with E-state index in [-0.39, 0.29) is 31.0 Å². The SMILES string of the molecule is CC(C)(O)S(=O)(=O)O.[H-].[Na+]. The average molecular weight is 164 g/mol. The van der Waals surface area contributed by atoms with Crippen LogP contribution in [0.2, 0.25) is 0 Å². The first-order chi connectivity index (χ1) is 3.25. The summed E-state index contributed by atoms with van der Waals surface area (Å²) >= 11 is 0. The average Bonchev–Trinajstić information content (AvgIpc) is 1.25. The summed E-state index contributed by atoms with van der Waals surface area (Å²) in [6.07, 6.45) is 0. The van der Waals surface area contributed by atoms with Gasteiger partial charge in [0.2, 0.25) is 0 Å². The zero-order valence-corrected chi connectivity index (χ0v) is 8.44. The molecule has 4 nitrogen and oxygen atoms in total. The van der Waals surface area contributed by atoms with Gasteiger partial charge in [0.1, 0.15) is 0 Å². The summed E-state index contributed by atoms with van der Waals surface area (Å²) in [6.45, 7) is 1.98. The number of rotatable bonds is 1. The van der Waals surface area contributed by atoms with Gasteiger partial charge in [-0.25, -0.2) is 0 Å². The zero-order chi connectivity index (χ0) is 7.00. The molecule has 52 valence electrons. The van der Waals surface area contributed by atoms with Gasteiger partial charge in [0, 0.05) is 0 Å². The Morgan fingerprint density at radius 3 is 1.56 bits per heavy atom. The maximum absolute atomic E-state index is 9.96. The molecule has 0 atom stereocenters. The van der Waals surface area contributed by atoms with Gasteiger partial charge in [-0.1, -0.05) is 0 Å². The molecule has 0 aliphatic rings. The van der Waals surface area contributed by atoms with Crippen molar-refractivity contribution in [1.82, 2.24) is 0 Å². The van der Waals surface area contributed by atoms with E-state index in [4.69, 9.17) is 9.66 Å². The van der Waals surface area contributed by atoms with Crippen molar-refractivity contribution in [2.24, 2.45) is 0 Å². The topological polar surface area (TPSA) is 74.6 Å². The summed E-state index contributed by atoms with van der Waals surface area (Å²) in [5.41, 5.74) is 0. The van der Waals surface area contributed by atoms with Crippen molar-refractivity contribution in [2.75, 3.05) is 0 Å². The Morgan fingerprint density at radius 1 is 1.44 bits per heavy atom.